The summed E-state index contributed by atoms with van der Waals surface area (Å²) in [7, 11) is 0. The number of aliphatic hydroxyl groups excluding tert-OH is 1. The van der Waals surface area contributed by atoms with E-state index in [-0.39, 0.29) is 30.7 Å². The first-order valence-corrected chi connectivity index (χ1v) is 5.46. The van der Waals surface area contributed by atoms with Crippen LogP contribution in [-0.4, -0.2) is 5.11 Å². The molecule has 0 saturated heterocycles. The zero-order chi connectivity index (χ0) is 11.0. The van der Waals surface area contributed by atoms with E-state index in [1.165, 1.54) is 6.92 Å². The first kappa shape index (κ1) is 12.7. The van der Waals surface area contributed by atoms with Crippen LogP contribution < -0.4 is 0 Å². The summed E-state index contributed by atoms with van der Waals surface area (Å²) in [5, 5.41) is 9.93. The van der Waals surface area contributed by atoms with Crippen LogP contribution in [0, 0.1) is 0 Å². The number of hydrogen-bond acceptors (Lipinski definition) is 1. The Labute approximate surface area is 106 Å². The lowest BCUT2D eigenvalue weighted by Gasteiger charge is -2.14. The molecule has 0 fully saturated rings. The van der Waals surface area contributed by atoms with Gasteiger partial charge in [-0.25, -0.2) is 0 Å². The Kier molecular flexibility index (Phi) is 4.22. The van der Waals surface area contributed by atoms with Gasteiger partial charge in [-0.15, -0.1) is 0 Å². The van der Waals surface area contributed by atoms with Gasteiger partial charge in [0.15, 0.2) is 0 Å². The smallest absolute Gasteiger partial charge is 0.0809 e. The molecule has 1 aromatic carbocycles. The minimum atomic E-state index is -0.859. The molecule has 78 valence electrons. The maximum atomic E-state index is 9.40. The number of hydrogen-bond donors (Lipinski definition) is 1. The highest BCUT2D eigenvalue weighted by atomic mass is 35.5. The van der Waals surface area contributed by atoms with Crippen molar-refractivity contribution in [1.29, 1.82) is 0 Å². The van der Waals surface area contributed by atoms with Crippen LogP contribution in [0.2, 0.25) is 25.1 Å². The summed E-state index contributed by atoms with van der Waals surface area (Å²) in [6.45, 7) is 1.51. The van der Waals surface area contributed by atoms with Crippen LogP contribution in [0.5, 0.6) is 0 Å². The molecule has 0 radical (unpaired) electrons. The Bertz CT molecular complexity index is 345. The third-order valence-corrected chi connectivity index (χ3v) is 3.97. The Morgan fingerprint density at radius 1 is 0.786 bits per heavy atom. The van der Waals surface area contributed by atoms with Crippen molar-refractivity contribution in [2.24, 2.45) is 0 Å². The Morgan fingerprint density at radius 3 is 1.36 bits per heavy atom. The molecule has 0 aromatic heterocycles. The molecular formula is C8H5Cl5O. The van der Waals surface area contributed by atoms with Gasteiger partial charge < -0.3 is 5.11 Å². The van der Waals surface area contributed by atoms with Gasteiger partial charge in [0, 0.05) is 5.56 Å². The molecule has 0 saturated carbocycles. The van der Waals surface area contributed by atoms with Crippen molar-refractivity contribution in [2.75, 3.05) is 0 Å². The van der Waals surface area contributed by atoms with Gasteiger partial charge >= 0.3 is 0 Å². The van der Waals surface area contributed by atoms with Crippen LogP contribution in [-0.2, 0) is 0 Å². The molecule has 0 heterocycles. The van der Waals surface area contributed by atoms with E-state index in [2.05, 4.69) is 0 Å². The highest BCUT2D eigenvalue weighted by molar-refractivity contribution is 6.55. The maximum Gasteiger partial charge on any atom is 0.0809 e. The molecule has 6 heteroatoms. The van der Waals surface area contributed by atoms with Gasteiger partial charge in [0.1, 0.15) is 0 Å². The molecular weight excluding hydrogens is 289 g/mol. The average molecular weight is 294 g/mol. The van der Waals surface area contributed by atoms with Crippen LogP contribution in [0.4, 0.5) is 0 Å². The molecule has 0 aliphatic heterocycles. The van der Waals surface area contributed by atoms with Crippen molar-refractivity contribution >= 4 is 58.0 Å². The van der Waals surface area contributed by atoms with Gasteiger partial charge in [-0.1, -0.05) is 58.0 Å². The fourth-order valence-electron chi connectivity index (χ4n) is 0.989. The second kappa shape index (κ2) is 4.65. The third kappa shape index (κ3) is 2.08. The van der Waals surface area contributed by atoms with Crippen LogP contribution in [0.15, 0.2) is 0 Å². The molecule has 0 aliphatic rings. The van der Waals surface area contributed by atoms with E-state index < -0.39 is 6.10 Å². The third-order valence-electron chi connectivity index (χ3n) is 1.66. The monoisotopic (exact) mass is 292 g/mol. The molecule has 0 aliphatic carbocycles. The van der Waals surface area contributed by atoms with Crippen LogP contribution in [0.25, 0.3) is 0 Å². The predicted octanol–water partition coefficient (Wildman–Crippen LogP) is 5.01. The molecule has 1 N–H and O–H groups in total. The fourth-order valence-corrected chi connectivity index (χ4v) is 2.46. The van der Waals surface area contributed by atoms with Crippen LogP contribution >= 0.6 is 58.0 Å². The molecule has 0 amide bonds. The van der Waals surface area contributed by atoms with E-state index in [0.717, 1.165) is 0 Å². The maximum absolute atomic E-state index is 9.40. The minimum Gasteiger partial charge on any atom is -0.389 e. The second-order valence-electron chi connectivity index (χ2n) is 2.66. The van der Waals surface area contributed by atoms with Crippen LogP contribution in [0.1, 0.15) is 18.6 Å². The molecule has 0 spiro atoms. The van der Waals surface area contributed by atoms with Crippen molar-refractivity contribution < 1.29 is 5.11 Å². The van der Waals surface area contributed by atoms with E-state index in [0.29, 0.717) is 0 Å². The Balaban J connectivity index is 3.60. The van der Waals surface area contributed by atoms with E-state index >= 15 is 0 Å². The average Bonchev–Trinajstić information content (AvgIpc) is 2.11. The summed E-state index contributed by atoms with van der Waals surface area (Å²) in [5.74, 6) is 0. The number of benzene rings is 1. The lowest BCUT2D eigenvalue weighted by molar-refractivity contribution is 0.199. The topological polar surface area (TPSA) is 20.2 Å². The van der Waals surface area contributed by atoms with Gasteiger partial charge in [-0.3, -0.25) is 0 Å². The summed E-state index contributed by atoms with van der Waals surface area (Å²) in [4.78, 5) is 0. The van der Waals surface area contributed by atoms with Crippen molar-refractivity contribution in [1.82, 2.24) is 0 Å². The predicted molar refractivity (Wildman–Crippen MR) is 62.1 cm³/mol. The molecule has 1 aromatic rings. The zero-order valence-corrected chi connectivity index (χ0v) is 10.7. The first-order chi connectivity index (χ1) is 6.37. The molecule has 0 unspecified atom stereocenters. The summed E-state index contributed by atoms with van der Waals surface area (Å²) in [6, 6.07) is 0. The van der Waals surface area contributed by atoms with E-state index in [1.807, 2.05) is 0 Å². The molecule has 1 nitrogen and oxygen atoms in total. The van der Waals surface area contributed by atoms with Gasteiger partial charge in [-0.05, 0) is 6.92 Å². The summed E-state index contributed by atoms with van der Waals surface area (Å²) in [5.41, 5.74) is 0.285. The van der Waals surface area contributed by atoms with Crippen molar-refractivity contribution in [2.45, 2.75) is 13.0 Å². The van der Waals surface area contributed by atoms with E-state index in [4.69, 9.17) is 58.0 Å². The van der Waals surface area contributed by atoms with E-state index in [1.54, 1.807) is 0 Å². The largest absolute Gasteiger partial charge is 0.389 e. The van der Waals surface area contributed by atoms with Gasteiger partial charge in [0.2, 0.25) is 0 Å². The van der Waals surface area contributed by atoms with Gasteiger partial charge in [0.25, 0.3) is 0 Å². The highest BCUT2D eigenvalue weighted by Crippen LogP contribution is 2.45. The van der Waals surface area contributed by atoms with Crippen molar-refractivity contribution in [3.05, 3.63) is 30.7 Å². The van der Waals surface area contributed by atoms with E-state index in [9.17, 15) is 5.11 Å². The summed E-state index contributed by atoms with van der Waals surface area (Å²) >= 11 is 29.0. The molecule has 0 bridgehead atoms. The number of halogens is 5. The molecule has 1 atom stereocenters. The standard InChI is InChI=1S/C8H5Cl5O/c1-2(14)3-4(9)6(11)8(13)7(12)5(3)10/h2,14H,1H3/t2-/m0/s1. The zero-order valence-electron chi connectivity index (χ0n) is 6.91. The Morgan fingerprint density at radius 2 is 1.07 bits per heavy atom. The minimum absolute atomic E-state index is 0.0905. The van der Waals surface area contributed by atoms with Crippen molar-refractivity contribution in [3.8, 4) is 0 Å². The number of rotatable bonds is 1. The fraction of sp³-hybridized carbons (Fsp3) is 0.250. The molecule has 1 rings (SSSR count). The summed E-state index contributed by atoms with van der Waals surface area (Å²) < 4.78 is 0. The Hall–Kier alpha value is 0.630. The second-order valence-corrected chi connectivity index (χ2v) is 4.55. The van der Waals surface area contributed by atoms with Crippen molar-refractivity contribution in [3.63, 3.8) is 0 Å². The number of aliphatic hydroxyl groups is 1. The summed E-state index contributed by atoms with van der Waals surface area (Å²) in [6.07, 6.45) is -0.859. The lowest BCUT2D eigenvalue weighted by Crippen LogP contribution is -1.96. The van der Waals surface area contributed by atoms with Crippen LogP contribution in [0.3, 0.4) is 0 Å². The SMILES string of the molecule is C[C@H](O)c1c(Cl)c(Cl)c(Cl)c(Cl)c1Cl. The normalized spacial score (nSPS) is 13.1. The first-order valence-electron chi connectivity index (χ1n) is 3.57. The highest BCUT2D eigenvalue weighted by Gasteiger charge is 2.21. The van der Waals surface area contributed by atoms with Gasteiger partial charge in [0.05, 0.1) is 31.2 Å². The quantitative estimate of drug-likeness (QED) is 0.570. The molecule has 14 heavy (non-hydrogen) atoms. The lowest BCUT2D eigenvalue weighted by atomic mass is 10.1. The van der Waals surface area contributed by atoms with Gasteiger partial charge in [-0.2, -0.15) is 0 Å².